The lowest BCUT2D eigenvalue weighted by molar-refractivity contribution is 0.122. The molecule has 1 aliphatic rings. The average Bonchev–Trinajstić information content (AvgIpc) is 2.65. The zero-order valence-corrected chi connectivity index (χ0v) is 15.3. The van der Waals surface area contributed by atoms with E-state index in [0.29, 0.717) is 12.1 Å². The van der Waals surface area contributed by atoms with Crippen LogP contribution in [0.15, 0.2) is 36.7 Å². The Morgan fingerprint density at radius 3 is 2.24 bits per heavy atom. The first-order valence-corrected chi connectivity index (χ1v) is 8.61. The van der Waals surface area contributed by atoms with Crippen LogP contribution in [0.2, 0.25) is 0 Å². The number of piperazine rings is 1. The maximum absolute atomic E-state index is 5.43. The molecule has 0 radical (unpaired) electrons. The van der Waals surface area contributed by atoms with Crippen molar-refractivity contribution in [3.05, 3.63) is 42.2 Å². The first-order chi connectivity index (χ1) is 12.1. The first kappa shape index (κ1) is 17.5. The van der Waals surface area contributed by atoms with Crippen LogP contribution in [0.5, 0.6) is 11.5 Å². The van der Waals surface area contributed by atoms with Crippen LogP contribution >= 0.6 is 0 Å². The highest BCUT2D eigenvalue weighted by Gasteiger charge is 2.30. The highest BCUT2D eigenvalue weighted by molar-refractivity contribution is 5.43. The Bertz CT molecular complexity index is 683. The van der Waals surface area contributed by atoms with E-state index >= 15 is 0 Å². The Morgan fingerprint density at radius 1 is 1.00 bits per heavy atom. The summed E-state index contributed by atoms with van der Waals surface area (Å²) in [4.78, 5) is 13.6. The minimum absolute atomic E-state index is 0.403. The van der Waals surface area contributed by atoms with Gasteiger partial charge in [-0.25, -0.2) is 9.97 Å². The molecule has 1 aromatic carbocycles. The predicted octanol–water partition coefficient (Wildman–Crippen LogP) is 2.59. The molecule has 1 saturated heterocycles. The van der Waals surface area contributed by atoms with Crippen LogP contribution in [0.4, 0.5) is 5.95 Å². The summed E-state index contributed by atoms with van der Waals surface area (Å²) in [6, 6.07) is 8.79. The standard InChI is InChI=1S/C19H26N4O2/c1-14-11-22(19-20-8-5-9-21-19)12-15(2)23(14)13-16-6-7-17(24-3)18(10-16)25-4/h5-10,14-15H,11-13H2,1-4H3. The minimum atomic E-state index is 0.403. The number of hydrogen-bond donors (Lipinski definition) is 0. The van der Waals surface area contributed by atoms with Crippen LogP contribution in [0.1, 0.15) is 19.4 Å². The fourth-order valence-corrected chi connectivity index (χ4v) is 3.48. The largest absolute Gasteiger partial charge is 0.493 e. The molecule has 2 heterocycles. The highest BCUT2D eigenvalue weighted by Crippen LogP contribution is 2.29. The highest BCUT2D eigenvalue weighted by atomic mass is 16.5. The molecular formula is C19H26N4O2. The quantitative estimate of drug-likeness (QED) is 0.832. The molecular weight excluding hydrogens is 316 g/mol. The monoisotopic (exact) mass is 342 g/mol. The van der Waals surface area contributed by atoms with Gasteiger partial charge in [-0.2, -0.15) is 0 Å². The van der Waals surface area contributed by atoms with E-state index in [2.05, 4.69) is 45.7 Å². The lowest BCUT2D eigenvalue weighted by Crippen LogP contribution is -2.56. The Morgan fingerprint density at radius 2 is 1.64 bits per heavy atom. The maximum Gasteiger partial charge on any atom is 0.225 e. The molecule has 0 spiro atoms. The van der Waals surface area contributed by atoms with Crippen molar-refractivity contribution in [3.63, 3.8) is 0 Å². The Hall–Kier alpha value is -2.34. The number of benzene rings is 1. The first-order valence-electron chi connectivity index (χ1n) is 8.61. The number of aromatic nitrogens is 2. The minimum Gasteiger partial charge on any atom is -0.493 e. The van der Waals surface area contributed by atoms with E-state index in [4.69, 9.17) is 9.47 Å². The molecule has 0 saturated carbocycles. The molecule has 1 aromatic heterocycles. The third kappa shape index (κ3) is 3.85. The summed E-state index contributed by atoms with van der Waals surface area (Å²) in [5.41, 5.74) is 1.22. The van der Waals surface area contributed by atoms with Crippen LogP contribution in [-0.2, 0) is 6.54 Å². The van der Waals surface area contributed by atoms with Gasteiger partial charge in [-0.15, -0.1) is 0 Å². The average molecular weight is 342 g/mol. The second-order valence-corrected chi connectivity index (χ2v) is 6.51. The zero-order chi connectivity index (χ0) is 17.8. The van der Waals surface area contributed by atoms with E-state index in [1.165, 1.54) is 5.56 Å². The summed E-state index contributed by atoms with van der Waals surface area (Å²) in [7, 11) is 3.33. The molecule has 6 nitrogen and oxygen atoms in total. The van der Waals surface area contributed by atoms with Crippen molar-refractivity contribution in [1.29, 1.82) is 0 Å². The van der Waals surface area contributed by atoms with Crippen molar-refractivity contribution in [2.45, 2.75) is 32.5 Å². The third-order valence-electron chi connectivity index (χ3n) is 4.75. The van der Waals surface area contributed by atoms with Gasteiger partial charge in [0.25, 0.3) is 0 Å². The predicted molar refractivity (Wildman–Crippen MR) is 98.3 cm³/mol. The summed E-state index contributed by atoms with van der Waals surface area (Å²) < 4.78 is 10.8. The van der Waals surface area contributed by atoms with Crippen molar-refractivity contribution in [2.24, 2.45) is 0 Å². The SMILES string of the molecule is COc1ccc(CN2C(C)CN(c3ncccn3)CC2C)cc1OC. The van der Waals surface area contributed by atoms with Gasteiger partial charge in [-0.05, 0) is 37.6 Å². The Labute approximate surface area is 149 Å². The summed E-state index contributed by atoms with van der Waals surface area (Å²) in [5, 5.41) is 0. The van der Waals surface area contributed by atoms with Gasteiger partial charge in [0, 0.05) is 44.1 Å². The van der Waals surface area contributed by atoms with Gasteiger partial charge in [0.05, 0.1) is 14.2 Å². The lowest BCUT2D eigenvalue weighted by Gasteiger charge is -2.44. The molecule has 6 heteroatoms. The molecule has 0 amide bonds. The van der Waals surface area contributed by atoms with Gasteiger partial charge in [0.15, 0.2) is 11.5 Å². The molecule has 0 bridgehead atoms. The van der Waals surface area contributed by atoms with Crippen molar-refractivity contribution in [3.8, 4) is 11.5 Å². The smallest absolute Gasteiger partial charge is 0.225 e. The van der Waals surface area contributed by atoms with Crippen LogP contribution in [0.3, 0.4) is 0 Å². The molecule has 0 aliphatic carbocycles. The number of methoxy groups -OCH3 is 2. The third-order valence-corrected chi connectivity index (χ3v) is 4.75. The Balaban J connectivity index is 1.72. The van der Waals surface area contributed by atoms with Crippen LogP contribution in [-0.4, -0.2) is 54.3 Å². The van der Waals surface area contributed by atoms with Gasteiger partial charge >= 0.3 is 0 Å². The molecule has 25 heavy (non-hydrogen) atoms. The van der Waals surface area contributed by atoms with Crippen LogP contribution in [0, 0.1) is 0 Å². The summed E-state index contributed by atoms with van der Waals surface area (Å²) in [6.45, 7) is 7.23. The van der Waals surface area contributed by atoms with E-state index in [-0.39, 0.29) is 0 Å². The molecule has 2 aromatic rings. The normalized spacial score (nSPS) is 21.2. The topological polar surface area (TPSA) is 50.7 Å². The van der Waals surface area contributed by atoms with Gasteiger partial charge < -0.3 is 14.4 Å². The zero-order valence-electron chi connectivity index (χ0n) is 15.3. The summed E-state index contributed by atoms with van der Waals surface area (Å²) in [6.07, 6.45) is 3.60. The van der Waals surface area contributed by atoms with Gasteiger partial charge in [0.1, 0.15) is 0 Å². The number of ether oxygens (including phenoxy) is 2. The molecule has 3 rings (SSSR count). The molecule has 2 atom stereocenters. The molecule has 0 N–H and O–H groups in total. The molecule has 1 aliphatic heterocycles. The van der Waals surface area contributed by atoms with E-state index in [0.717, 1.165) is 37.1 Å². The van der Waals surface area contributed by atoms with Gasteiger partial charge in [-0.1, -0.05) is 6.07 Å². The van der Waals surface area contributed by atoms with Crippen molar-refractivity contribution in [2.75, 3.05) is 32.2 Å². The van der Waals surface area contributed by atoms with Crippen molar-refractivity contribution >= 4 is 5.95 Å². The second kappa shape index (κ2) is 7.70. The molecule has 134 valence electrons. The second-order valence-electron chi connectivity index (χ2n) is 6.51. The maximum atomic E-state index is 5.43. The Kier molecular flexibility index (Phi) is 5.38. The van der Waals surface area contributed by atoms with E-state index in [9.17, 15) is 0 Å². The van der Waals surface area contributed by atoms with Crippen LogP contribution < -0.4 is 14.4 Å². The van der Waals surface area contributed by atoms with Crippen LogP contribution in [0.25, 0.3) is 0 Å². The van der Waals surface area contributed by atoms with E-state index in [1.54, 1.807) is 26.6 Å². The van der Waals surface area contributed by atoms with E-state index < -0.39 is 0 Å². The number of nitrogens with zero attached hydrogens (tertiary/aromatic N) is 4. The lowest BCUT2D eigenvalue weighted by atomic mass is 10.1. The molecule has 1 fully saturated rings. The van der Waals surface area contributed by atoms with Gasteiger partial charge in [-0.3, -0.25) is 4.90 Å². The van der Waals surface area contributed by atoms with Gasteiger partial charge in [0.2, 0.25) is 5.95 Å². The molecule has 2 unspecified atom stereocenters. The fourth-order valence-electron chi connectivity index (χ4n) is 3.48. The summed E-state index contributed by atoms with van der Waals surface area (Å²) in [5.74, 6) is 2.35. The number of rotatable bonds is 5. The van der Waals surface area contributed by atoms with Crippen molar-refractivity contribution < 1.29 is 9.47 Å². The number of anilines is 1. The number of hydrogen-bond acceptors (Lipinski definition) is 6. The fraction of sp³-hybridized carbons (Fsp3) is 0.474. The van der Waals surface area contributed by atoms with Crippen molar-refractivity contribution in [1.82, 2.24) is 14.9 Å². The summed E-state index contributed by atoms with van der Waals surface area (Å²) >= 11 is 0. The van der Waals surface area contributed by atoms with E-state index in [1.807, 2.05) is 12.1 Å².